The van der Waals surface area contributed by atoms with Crippen LogP contribution in [0.4, 0.5) is 0 Å². The molecule has 247 valence electrons. The first kappa shape index (κ1) is 36.6. The van der Waals surface area contributed by atoms with Gasteiger partial charge in [-0.1, -0.05) is 182 Å². The molecule has 49 heavy (non-hydrogen) atoms. The summed E-state index contributed by atoms with van der Waals surface area (Å²) in [6.07, 6.45) is 0. The fourth-order valence-corrected chi connectivity index (χ4v) is 11.2. The Labute approximate surface area is 307 Å². The van der Waals surface area contributed by atoms with Crippen molar-refractivity contribution in [2.75, 3.05) is 0 Å². The average Bonchev–Trinajstić information content (AvgIpc) is 3.29. The second-order valence-electron chi connectivity index (χ2n) is 12.5. The summed E-state index contributed by atoms with van der Waals surface area (Å²) in [5.41, 5.74) is 4.74. The monoisotopic (exact) mass is 761 g/mol. The Balaban J connectivity index is 0.000000149. The van der Waals surface area contributed by atoms with Crippen molar-refractivity contribution in [3.05, 3.63) is 203 Å². The first-order valence-corrected chi connectivity index (χ1v) is 20.3. The Morgan fingerprint density at radius 1 is 0.347 bits per heavy atom. The van der Waals surface area contributed by atoms with Crippen LogP contribution in [0.25, 0.3) is 0 Å². The van der Waals surface area contributed by atoms with Crippen LogP contribution in [0, 0.1) is 5.41 Å². The minimum atomic E-state index is -0.446. The first-order chi connectivity index (χ1) is 23.8. The van der Waals surface area contributed by atoms with Gasteiger partial charge in [0.1, 0.15) is 0 Å². The average molecular weight is 761 g/mol. The van der Waals surface area contributed by atoms with E-state index in [9.17, 15) is 0 Å². The maximum Gasteiger partial charge on any atom is -0.0134 e. The summed E-state index contributed by atoms with van der Waals surface area (Å²) >= 11 is 2.77. The van der Waals surface area contributed by atoms with Crippen LogP contribution in [0.15, 0.2) is 203 Å². The summed E-state index contributed by atoms with van der Waals surface area (Å²) in [5.74, 6) is 0. The normalized spacial score (nSPS) is 13.5. The molecule has 0 spiro atoms. The molecule has 0 radical (unpaired) electrons. The van der Waals surface area contributed by atoms with Crippen molar-refractivity contribution in [2.24, 2.45) is 5.41 Å². The molecule has 0 heterocycles. The van der Waals surface area contributed by atoms with Crippen LogP contribution in [-0.2, 0) is 18.3 Å². The molecule has 6 aromatic carbocycles. The molecule has 6 aromatic rings. The van der Waals surface area contributed by atoms with E-state index in [1.54, 1.807) is 0 Å². The van der Waals surface area contributed by atoms with Crippen molar-refractivity contribution in [1.29, 1.82) is 0 Å². The minimum absolute atomic E-state index is 0.283. The fraction of sp³-hybridized carbons (Fsp3) is 0.130. The zero-order chi connectivity index (χ0) is 34.6. The molecule has 0 saturated heterocycles. The third kappa shape index (κ3) is 9.30. The molecule has 0 bridgehead atoms. The SMILES string of the molecule is CC1=C(C)C(C)(C)[C]([Ru])=C1C.c1ccc(P(c2ccccc2)c2ccccc2)cc1.c1ccc(P(c2ccccc2)c2ccccc2)cc1. The quantitative estimate of drug-likeness (QED) is 0.117. The van der Waals surface area contributed by atoms with E-state index in [1.807, 2.05) is 0 Å². The minimum Gasteiger partial charge on any atom is -0.0622 e. The third-order valence-corrected chi connectivity index (χ3v) is 15.6. The van der Waals surface area contributed by atoms with Gasteiger partial charge in [-0.05, 0) is 47.7 Å². The van der Waals surface area contributed by atoms with Crippen LogP contribution in [0.1, 0.15) is 34.6 Å². The topological polar surface area (TPSA) is 0 Å². The molecule has 1 aliphatic rings. The molecule has 0 fully saturated rings. The first-order valence-electron chi connectivity index (χ1n) is 16.7. The molecule has 3 heteroatoms. The van der Waals surface area contributed by atoms with Gasteiger partial charge in [0.05, 0.1) is 0 Å². The van der Waals surface area contributed by atoms with Gasteiger partial charge in [0, 0.05) is 0 Å². The van der Waals surface area contributed by atoms with Gasteiger partial charge in [-0.25, -0.2) is 0 Å². The van der Waals surface area contributed by atoms with Gasteiger partial charge in [-0.15, -0.1) is 0 Å². The Morgan fingerprint density at radius 3 is 0.673 bits per heavy atom. The maximum absolute atomic E-state index is 2.77. The van der Waals surface area contributed by atoms with Crippen LogP contribution >= 0.6 is 15.8 Å². The number of benzene rings is 6. The molecule has 0 saturated carbocycles. The van der Waals surface area contributed by atoms with E-state index >= 15 is 0 Å². The van der Waals surface area contributed by atoms with Crippen molar-refractivity contribution >= 4 is 47.7 Å². The van der Waals surface area contributed by atoms with Gasteiger partial charge in [-0.3, -0.25) is 0 Å². The fourth-order valence-electron chi connectivity index (χ4n) is 5.90. The van der Waals surface area contributed by atoms with E-state index in [1.165, 1.54) is 52.7 Å². The van der Waals surface area contributed by atoms with Gasteiger partial charge in [0.2, 0.25) is 0 Å². The predicted octanol–water partition coefficient (Wildman–Crippen LogP) is 10.1. The molecule has 7 rings (SSSR count). The predicted molar refractivity (Wildman–Crippen MR) is 215 cm³/mol. The van der Waals surface area contributed by atoms with E-state index in [0.29, 0.717) is 0 Å². The smallest absolute Gasteiger partial charge is 0.0134 e. The summed E-state index contributed by atoms with van der Waals surface area (Å²) < 4.78 is 1.46. The molecule has 0 aromatic heterocycles. The molecule has 0 aliphatic heterocycles. The number of hydrogen-bond acceptors (Lipinski definition) is 0. The summed E-state index contributed by atoms with van der Waals surface area (Å²) in [6.45, 7) is 11.2. The van der Waals surface area contributed by atoms with Gasteiger partial charge >= 0.3 is 79.2 Å². The van der Waals surface area contributed by atoms with Gasteiger partial charge in [-0.2, -0.15) is 0 Å². The van der Waals surface area contributed by atoms with Gasteiger partial charge < -0.3 is 0 Å². The number of hydrogen-bond donors (Lipinski definition) is 0. The Kier molecular flexibility index (Phi) is 13.3. The third-order valence-electron chi connectivity index (χ3n) is 9.00. The van der Waals surface area contributed by atoms with Crippen molar-refractivity contribution in [3.8, 4) is 0 Å². The standard InChI is InChI=1S/2C18H15P.C10H15.Ru/c2*1-4-10-16(11-5-1)19(17-12-6-2-7-13-17)18-14-8-3-9-15-18;1-7-6-10(4,5)9(3)8(7)2;/h2*1-15H;1-5H3;. The van der Waals surface area contributed by atoms with Crippen molar-refractivity contribution in [2.45, 2.75) is 34.6 Å². The molecule has 0 unspecified atom stereocenters. The van der Waals surface area contributed by atoms with Gasteiger partial charge in [0.25, 0.3) is 0 Å². The molecular weight excluding hydrogens is 716 g/mol. The van der Waals surface area contributed by atoms with Crippen LogP contribution in [0.3, 0.4) is 0 Å². The van der Waals surface area contributed by atoms with Crippen LogP contribution in [0.5, 0.6) is 0 Å². The molecule has 0 atom stereocenters. The zero-order valence-electron chi connectivity index (χ0n) is 29.1. The summed E-state index contributed by atoms with van der Waals surface area (Å²) in [7, 11) is -0.892. The van der Waals surface area contributed by atoms with Crippen LogP contribution < -0.4 is 31.8 Å². The Morgan fingerprint density at radius 2 is 0.551 bits per heavy atom. The van der Waals surface area contributed by atoms with E-state index in [4.69, 9.17) is 0 Å². The van der Waals surface area contributed by atoms with Gasteiger partial charge in [0.15, 0.2) is 0 Å². The second kappa shape index (κ2) is 17.8. The van der Waals surface area contributed by atoms with Crippen molar-refractivity contribution < 1.29 is 18.3 Å². The Bertz CT molecular complexity index is 1600. The molecule has 1 aliphatic carbocycles. The molecular formula is C46H45P2Ru. The summed E-state index contributed by atoms with van der Waals surface area (Å²) in [6, 6.07) is 64.7. The molecule has 0 amide bonds. The Hall–Kier alpha value is -3.72. The van der Waals surface area contributed by atoms with Crippen molar-refractivity contribution in [1.82, 2.24) is 0 Å². The zero-order valence-corrected chi connectivity index (χ0v) is 32.6. The second-order valence-corrected chi connectivity index (χ2v) is 17.8. The molecule has 0 nitrogen and oxygen atoms in total. The van der Waals surface area contributed by atoms with Crippen LogP contribution in [-0.4, -0.2) is 0 Å². The van der Waals surface area contributed by atoms with Crippen LogP contribution in [0.2, 0.25) is 0 Å². The number of rotatable bonds is 6. The van der Waals surface area contributed by atoms with Crippen molar-refractivity contribution in [3.63, 3.8) is 0 Å². The molecule has 0 N–H and O–H groups in total. The van der Waals surface area contributed by atoms with E-state index < -0.39 is 15.8 Å². The van der Waals surface area contributed by atoms with E-state index in [2.05, 4.69) is 235 Å². The largest absolute Gasteiger partial charge is 0.0622 e. The summed E-state index contributed by atoms with van der Waals surface area (Å²) in [4.78, 5) is 0. The van der Waals surface area contributed by atoms with E-state index in [0.717, 1.165) is 0 Å². The number of allylic oxidation sites excluding steroid dienone is 4. The summed E-state index contributed by atoms with van der Waals surface area (Å²) in [5, 5.41) is 8.39. The maximum atomic E-state index is 2.77. The van der Waals surface area contributed by atoms with E-state index in [-0.39, 0.29) is 5.41 Å².